The molecule has 0 spiro atoms. The Morgan fingerprint density at radius 2 is 2.21 bits per heavy atom. The summed E-state index contributed by atoms with van der Waals surface area (Å²) in [6, 6.07) is -0.0303. The topological polar surface area (TPSA) is 64.8 Å². The first-order valence-electron chi connectivity index (χ1n) is 7.43. The second-order valence-electron chi connectivity index (χ2n) is 5.64. The van der Waals surface area contributed by atoms with E-state index in [2.05, 4.69) is 0 Å². The van der Waals surface area contributed by atoms with Crippen molar-refractivity contribution in [3.63, 3.8) is 0 Å². The number of hydrogen-bond donors (Lipinski definition) is 1. The molecule has 2 rings (SSSR count). The van der Waals surface area contributed by atoms with Crippen LogP contribution in [0.25, 0.3) is 0 Å². The van der Waals surface area contributed by atoms with Crippen LogP contribution in [0.5, 0.6) is 0 Å². The molecule has 3 atom stereocenters. The van der Waals surface area contributed by atoms with Crippen LogP contribution in [0.4, 0.5) is 0 Å². The number of carbonyl (C=O) groups is 1. The van der Waals surface area contributed by atoms with E-state index in [1.165, 1.54) is 6.42 Å². The fourth-order valence-electron chi connectivity index (χ4n) is 2.70. The summed E-state index contributed by atoms with van der Waals surface area (Å²) in [5.41, 5.74) is 5.84. The molecule has 0 radical (unpaired) electrons. The van der Waals surface area contributed by atoms with Gasteiger partial charge in [-0.15, -0.1) is 0 Å². The summed E-state index contributed by atoms with van der Waals surface area (Å²) in [6.07, 6.45) is 5.16. The molecule has 2 fully saturated rings. The molecule has 0 aromatic carbocycles. The van der Waals surface area contributed by atoms with Crippen LogP contribution in [-0.2, 0) is 14.3 Å². The number of nitrogens with two attached hydrogens (primary N) is 1. The van der Waals surface area contributed by atoms with E-state index in [-0.39, 0.29) is 24.2 Å². The third-order valence-corrected chi connectivity index (χ3v) is 3.99. The van der Waals surface area contributed by atoms with Gasteiger partial charge in [-0.1, -0.05) is 0 Å². The largest absolute Gasteiger partial charge is 0.378 e. The van der Waals surface area contributed by atoms with E-state index in [0.717, 1.165) is 25.9 Å². The summed E-state index contributed by atoms with van der Waals surface area (Å²) in [7, 11) is 0. The zero-order chi connectivity index (χ0) is 13.7. The maximum atomic E-state index is 12.2. The third kappa shape index (κ3) is 4.44. The molecule has 0 saturated carbocycles. The van der Waals surface area contributed by atoms with E-state index in [1.807, 2.05) is 11.8 Å². The minimum Gasteiger partial charge on any atom is -0.378 e. The molecule has 1 amide bonds. The minimum atomic E-state index is -0.0303. The molecule has 0 aromatic rings. The average molecular weight is 270 g/mol. The lowest BCUT2D eigenvalue weighted by Crippen LogP contribution is -2.51. The number of nitrogens with zero attached hydrogens (tertiary/aromatic N) is 1. The average Bonchev–Trinajstić information content (AvgIpc) is 2.46. The first-order valence-corrected chi connectivity index (χ1v) is 7.43. The van der Waals surface area contributed by atoms with E-state index in [9.17, 15) is 4.79 Å². The summed E-state index contributed by atoms with van der Waals surface area (Å²) in [5.74, 6) is 0.211. The predicted octanol–water partition coefficient (Wildman–Crippen LogP) is 0.910. The molecule has 3 unspecified atom stereocenters. The second-order valence-corrected chi connectivity index (χ2v) is 5.64. The van der Waals surface area contributed by atoms with Crippen LogP contribution in [0.15, 0.2) is 0 Å². The molecule has 2 heterocycles. The van der Waals surface area contributed by atoms with Gasteiger partial charge in [0.15, 0.2) is 0 Å². The number of amides is 1. The molecule has 5 heteroatoms. The standard InChI is InChI=1S/C14H26N2O3/c1-11(15)13-10-16(7-9-19-13)14(17)6-5-12-4-2-3-8-18-12/h11-13H,2-10,15H2,1H3. The summed E-state index contributed by atoms with van der Waals surface area (Å²) < 4.78 is 11.2. The van der Waals surface area contributed by atoms with Gasteiger partial charge in [-0.3, -0.25) is 4.79 Å². The lowest BCUT2D eigenvalue weighted by molar-refractivity contribution is -0.140. The summed E-state index contributed by atoms with van der Waals surface area (Å²) in [4.78, 5) is 14.1. The van der Waals surface area contributed by atoms with Gasteiger partial charge in [0.2, 0.25) is 5.91 Å². The molecule has 19 heavy (non-hydrogen) atoms. The number of carbonyl (C=O) groups excluding carboxylic acids is 1. The van der Waals surface area contributed by atoms with Crippen molar-refractivity contribution in [3.8, 4) is 0 Å². The fourth-order valence-corrected chi connectivity index (χ4v) is 2.70. The molecule has 2 N–H and O–H groups in total. The Hall–Kier alpha value is -0.650. The maximum Gasteiger partial charge on any atom is 0.222 e. The van der Waals surface area contributed by atoms with Gasteiger partial charge < -0.3 is 20.1 Å². The molecular weight excluding hydrogens is 244 g/mol. The summed E-state index contributed by atoms with van der Waals surface area (Å²) >= 11 is 0. The van der Waals surface area contributed by atoms with Crippen LogP contribution < -0.4 is 5.73 Å². The molecule has 2 saturated heterocycles. The van der Waals surface area contributed by atoms with Gasteiger partial charge in [-0.25, -0.2) is 0 Å². The second kappa shape index (κ2) is 7.22. The summed E-state index contributed by atoms with van der Waals surface area (Å²) in [5, 5.41) is 0. The van der Waals surface area contributed by atoms with Crippen molar-refractivity contribution in [2.75, 3.05) is 26.3 Å². The van der Waals surface area contributed by atoms with Crippen LogP contribution in [0.2, 0.25) is 0 Å². The Morgan fingerprint density at radius 1 is 1.37 bits per heavy atom. The molecule has 5 nitrogen and oxygen atoms in total. The molecular formula is C14H26N2O3. The molecule has 0 aliphatic carbocycles. The van der Waals surface area contributed by atoms with E-state index in [0.29, 0.717) is 26.1 Å². The van der Waals surface area contributed by atoms with Gasteiger partial charge in [-0.05, 0) is 32.6 Å². The number of rotatable bonds is 4. The highest BCUT2D eigenvalue weighted by molar-refractivity contribution is 5.76. The summed E-state index contributed by atoms with van der Waals surface area (Å²) in [6.45, 7) is 4.69. The lowest BCUT2D eigenvalue weighted by Gasteiger charge is -2.35. The minimum absolute atomic E-state index is 0.0244. The van der Waals surface area contributed by atoms with Crippen LogP contribution in [-0.4, -0.2) is 55.4 Å². The van der Waals surface area contributed by atoms with Crippen molar-refractivity contribution < 1.29 is 14.3 Å². The fraction of sp³-hybridized carbons (Fsp3) is 0.929. The monoisotopic (exact) mass is 270 g/mol. The van der Waals surface area contributed by atoms with Crippen molar-refractivity contribution >= 4 is 5.91 Å². The van der Waals surface area contributed by atoms with E-state index < -0.39 is 0 Å². The van der Waals surface area contributed by atoms with Crippen LogP contribution >= 0.6 is 0 Å². The first-order chi connectivity index (χ1) is 9.16. The zero-order valence-electron chi connectivity index (χ0n) is 11.8. The van der Waals surface area contributed by atoms with E-state index >= 15 is 0 Å². The Balaban J connectivity index is 1.72. The zero-order valence-corrected chi connectivity index (χ0v) is 11.8. The van der Waals surface area contributed by atoms with Gasteiger partial charge in [0.1, 0.15) is 0 Å². The van der Waals surface area contributed by atoms with Gasteiger partial charge in [0, 0.05) is 32.2 Å². The number of hydrogen-bond acceptors (Lipinski definition) is 4. The Labute approximate surface area is 115 Å². The Morgan fingerprint density at radius 3 is 2.89 bits per heavy atom. The highest BCUT2D eigenvalue weighted by atomic mass is 16.5. The van der Waals surface area contributed by atoms with Crippen LogP contribution in [0, 0.1) is 0 Å². The van der Waals surface area contributed by atoms with E-state index in [1.54, 1.807) is 0 Å². The molecule has 0 aromatic heterocycles. The first kappa shape index (κ1) is 14.8. The van der Waals surface area contributed by atoms with E-state index in [4.69, 9.17) is 15.2 Å². The van der Waals surface area contributed by atoms with Gasteiger partial charge >= 0.3 is 0 Å². The SMILES string of the molecule is CC(N)C1CN(C(=O)CCC2CCCCO2)CCO1. The van der Waals surface area contributed by atoms with Crippen molar-refractivity contribution in [1.82, 2.24) is 4.90 Å². The van der Waals surface area contributed by atoms with Gasteiger partial charge in [0.25, 0.3) is 0 Å². The predicted molar refractivity (Wildman–Crippen MR) is 72.8 cm³/mol. The van der Waals surface area contributed by atoms with Crippen molar-refractivity contribution in [2.24, 2.45) is 5.73 Å². The molecule has 110 valence electrons. The number of ether oxygens (including phenoxy) is 2. The Kier molecular flexibility index (Phi) is 5.60. The van der Waals surface area contributed by atoms with Gasteiger partial charge in [-0.2, -0.15) is 0 Å². The van der Waals surface area contributed by atoms with Crippen molar-refractivity contribution in [1.29, 1.82) is 0 Å². The Bertz CT molecular complexity index is 290. The molecule has 0 bridgehead atoms. The smallest absolute Gasteiger partial charge is 0.222 e. The van der Waals surface area contributed by atoms with Crippen LogP contribution in [0.1, 0.15) is 39.0 Å². The third-order valence-electron chi connectivity index (χ3n) is 3.99. The lowest BCUT2D eigenvalue weighted by atomic mass is 10.0. The van der Waals surface area contributed by atoms with Gasteiger partial charge in [0.05, 0.1) is 18.8 Å². The van der Waals surface area contributed by atoms with Crippen LogP contribution in [0.3, 0.4) is 0 Å². The highest BCUT2D eigenvalue weighted by Gasteiger charge is 2.27. The highest BCUT2D eigenvalue weighted by Crippen LogP contribution is 2.18. The normalized spacial score (nSPS) is 30.1. The molecule has 2 aliphatic rings. The number of morpholine rings is 1. The maximum absolute atomic E-state index is 12.2. The molecule has 2 aliphatic heterocycles. The van der Waals surface area contributed by atoms with Crippen molar-refractivity contribution in [2.45, 2.75) is 57.3 Å². The quantitative estimate of drug-likeness (QED) is 0.824. The van der Waals surface area contributed by atoms with Crippen molar-refractivity contribution in [3.05, 3.63) is 0 Å².